The zero-order valence-electron chi connectivity index (χ0n) is 11.8. The number of alkyl halides is 3. The summed E-state index contributed by atoms with van der Waals surface area (Å²) in [6.07, 6.45) is -2.24. The fraction of sp³-hybridized carbons (Fsp3) is 0.286. The van der Waals surface area contributed by atoms with E-state index in [1.807, 2.05) is 30.5 Å². The molecule has 2 aromatic heterocycles. The standard InChI is InChI=1S/C14H13F3N4OS/c15-14(16,17)12-20-21-13(23-12)19-9(7-22)5-8-6-18-11-4-2-1-3-10(8)11/h1-4,6,9,18,22H,5,7H2,(H,19,21)/t9-/m1/s1. The number of halogens is 3. The third-order valence-electron chi connectivity index (χ3n) is 3.36. The van der Waals surface area contributed by atoms with Crippen molar-refractivity contribution in [3.8, 4) is 0 Å². The Morgan fingerprint density at radius 3 is 2.74 bits per heavy atom. The van der Waals surface area contributed by atoms with Crippen LogP contribution in [0.4, 0.5) is 18.3 Å². The molecule has 1 aromatic carbocycles. The molecule has 0 aliphatic rings. The Morgan fingerprint density at radius 2 is 2.04 bits per heavy atom. The topological polar surface area (TPSA) is 73.8 Å². The van der Waals surface area contributed by atoms with Gasteiger partial charge in [0.2, 0.25) is 10.1 Å². The van der Waals surface area contributed by atoms with Crippen LogP contribution in [0.15, 0.2) is 30.5 Å². The summed E-state index contributed by atoms with van der Waals surface area (Å²) in [5.74, 6) is 0. The molecule has 3 N–H and O–H groups in total. The van der Waals surface area contributed by atoms with Gasteiger partial charge in [-0.15, -0.1) is 10.2 Å². The molecule has 9 heteroatoms. The molecule has 0 unspecified atom stereocenters. The predicted octanol–water partition coefficient (Wildman–Crippen LogP) is 3.05. The molecule has 0 saturated carbocycles. The first-order chi connectivity index (χ1) is 11.0. The van der Waals surface area contributed by atoms with Gasteiger partial charge in [0.1, 0.15) is 0 Å². The van der Waals surface area contributed by atoms with Crippen LogP contribution in [-0.2, 0) is 12.6 Å². The molecular weight excluding hydrogens is 329 g/mol. The number of fused-ring (bicyclic) bond motifs is 1. The zero-order valence-corrected chi connectivity index (χ0v) is 12.6. The van der Waals surface area contributed by atoms with Crippen molar-refractivity contribution < 1.29 is 18.3 Å². The number of aliphatic hydroxyl groups is 1. The summed E-state index contributed by atoms with van der Waals surface area (Å²) in [6, 6.07) is 7.23. The van der Waals surface area contributed by atoms with Crippen molar-refractivity contribution in [2.24, 2.45) is 0 Å². The second kappa shape index (κ2) is 6.17. The van der Waals surface area contributed by atoms with E-state index in [9.17, 15) is 18.3 Å². The van der Waals surface area contributed by atoms with Crippen molar-refractivity contribution in [2.75, 3.05) is 11.9 Å². The van der Waals surface area contributed by atoms with Crippen LogP contribution >= 0.6 is 11.3 Å². The number of aromatic amines is 1. The van der Waals surface area contributed by atoms with Crippen LogP contribution in [0.25, 0.3) is 10.9 Å². The largest absolute Gasteiger partial charge is 0.445 e. The number of hydrogen-bond acceptors (Lipinski definition) is 5. The Bertz CT molecular complexity index is 799. The van der Waals surface area contributed by atoms with Crippen molar-refractivity contribution in [3.63, 3.8) is 0 Å². The van der Waals surface area contributed by atoms with Gasteiger partial charge in [0, 0.05) is 17.1 Å². The van der Waals surface area contributed by atoms with Crippen molar-refractivity contribution in [1.82, 2.24) is 15.2 Å². The van der Waals surface area contributed by atoms with Gasteiger partial charge in [-0.2, -0.15) is 13.2 Å². The number of aliphatic hydroxyl groups excluding tert-OH is 1. The average Bonchev–Trinajstić information content (AvgIpc) is 3.14. The molecule has 0 fully saturated rings. The maximum Gasteiger partial charge on any atom is 0.445 e. The van der Waals surface area contributed by atoms with Gasteiger partial charge in [-0.1, -0.05) is 29.5 Å². The lowest BCUT2D eigenvalue weighted by Crippen LogP contribution is -2.26. The second-order valence-electron chi connectivity index (χ2n) is 5.00. The number of nitrogens with zero attached hydrogens (tertiary/aromatic N) is 2. The highest BCUT2D eigenvalue weighted by Crippen LogP contribution is 2.33. The molecule has 0 aliphatic carbocycles. The van der Waals surface area contributed by atoms with Gasteiger partial charge in [-0.3, -0.25) is 0 Å². The van der Waals surface area contributed by atoms with Crippen LogP contribution in [0.5, 0.6) is 0 Å². The van der Waals surface area contributed by atoms with E-state index in [0.717, 1.165) is 16.5 Å². The normalized spacial score (nSPS) is 13.4. The minimum Gasteiger partial charge on any atom is -0.394 e. The van der Waals surface area contributed by atoms with Crippen LogP contribution in [-0.4, -0.2) is 32.9 Å². The third kappa shape index (κ3) is 3.45. The Labute approximate surface area is 133 Å². The summed E-state index contributed by atoms with van der Waals surface area (Å²) in [4.78, 5) is 3.12. The smallest absolute Gasteiger partial charge is 0.394 e. The molecule has 1 atom stereocenters. The number of H-pyrrole nitrogens is 1. The second-order valence-corrected chi connectivity index (χ2v) is 5.98. The maximum absolute atomic E-state index is 12.5. The lowest BCUT2D eigenvalue weighted by molar-refractivity contribution is -0.138. The van der Waals surface area contributed by atoms with E-state index in [1.165, 1.54) is 0 Å². The molecule has 0 bridgehead atoms. The molecule has 5 nitrogen and oxygen atoms in total. The fourth-order valence-corrected chi connectivity index (χ4v) is 2.99. The number of nitrogens with one attached hydrogen (secondary N) is 2. The van der Waals surface area contributed by atoms with Crippen molar-refractivity contribution in [1.29, 1.82) is 0 Å². The van der Waals surface area contributed by atoms with Gasteiger partial charge < -0.3 is 15.4 Å². The van der Waals surface area contributed by atoms with Crippen molar-refractivity contribution in [2.45, 2.75) is 18.6 Å². The Morgan fingerprint density at radius 1 is 1.26 bits per heavy atom. The van der Waals surface area contributed by atoms with Crippen LogP contribution in [0.3, 0.4) is 0 Å². The monoisotopic (exact) mass is 342 g/mol. The van der Waals surface area contributed by atoms with E-state index < -0.39 is 17.2 Å². The number of para-hydroxylation sites is 1. The van der Waals surface area contributed by atoms with Gasteiger partial charge >= 0.3 is 6.18 Å². The van der Waals surface area contributed by atoms with Crippen LogP contribution in [0.1, 0.15) is 10.6 Å². The van der Waals surface area contributed by atoms with Gasteiger partial charge in [0.15, 0.2) is 0 Å². The summed E-state index contributed by atoms with van der Waals surface area (Å²) < 4.78 is 37.6. The molecule has 3 aromatic rings. The molecule has 3 rings (SSSR count). The fourth-order valence-electron chi connectivity index (χ4n) is 2.30. The maximum atomic E-state index is 12.5. The van der Waals surface area contributed by atoms with Gasteiger partial charge in [0.25, 0.3) is 0 Å². The zero-order chi connectivity index (χ0) is 16.4. The summed E-state index contributed by atoms with van der Waals surface area (Å²) in [7, 11) is 0. The molecule has 23 heavy (non-hydrogen) atoms. The highest BCUT2D eigenvalue weighted by molar-refractivity contribution is 7.15. The van der Waals surface area contributed by atoms with E-state index in [0.29, 0.717) is 17.8 Å². The highest BCUT2D eigenvalue weighted by atomic mass is 32.1. The summed E-state index contributed by atoms with van der Waals surface area (Å²) in [5.41, 5.74) is 1.93. The number of rotatable bonds is 5. The van der Waals surface area contributed by atoms with Crippen molar-refractivity contribution >= 4 is 27.4 Å². The predicted molar refractivity (Wildman–Crippen MR) is 81.4 cm³/mol. The first-order valence-electron chi connectivity index (χ1n) is 6.80. The van der Waals surface area contributed by atoms with Gasteiger partial charge in [-0.05, 0) is 18.1 Å². The molecule has 0 aliphatic heterocycles. The number of aromatic nitrogens is 3. The Kier molecular flexibility index (Phi) is 4.22. The minimum absolute atomic E-state index is 0.0382. The van der Waals surface area contributed by atoms with Crippen molar-refractivity contribution in [3.05, 3.63) is 41.0 Å². The summed E-state index contributed by atoms with van der Waals surface area (Å²) in [6.45, 7) is -0.236. The average molecular weight is 342 g/mol. The molecule has 2 heterocycles. The minimum atomic E-state index is -4.51. The summed E-state index contributed by atoms with van der Waals surface area (Å²) >= 11 is 0.423. The highest BCUT2D eigenvalue weighted by Gasteiger charge is 2.35. The first-order valence-corrected chi connectivity index (χ1v) is 7.62. The molecule has 122 valence electrons. The SMILES string of the molecule is OC[C@@H](Cc1c[nH]c2ccccc12)Nc1nnc(C(F)(F)F)s1. The van der Waals surface area contributed by atoms with E-state index in [2.05, 4.69) is 20.5 Å². The lowest BCUT2D eigenvalue weighted by Gasteiger charge is -2.14. The summed E-state index contributed by atoms with van der Waals surface area (Å²) in [5, 5.41) is 18.9. The van der Waals surface area contributed by atoms with Crippen LogP contribution in [0, 0.1) is 0 Å². The van der Waals surface area contributed by atoms with Gasteiger partial charge in [-0.25, -0.2) is 0 Å². The number of anilines is 1. The van der Waals surface area contributed by atoms with E-state index in [-0.39, 0.29) is 11.7 Å². The number of benzene rings is 1. The quantitative estimate of drug-likeness (QED) is 0.666. The van der Waals surface area contributed by atoms with E-state index in [4.69, 9.17) is 0 Å². The molecule has 0 saturated heterocycles. The van der Waals surface area contributed by atoms with Crippen LogP contribution in [0.2, 0.25) is 0 Å². The third-order valence-corrected chi connectivity index (χ3v) is 4.26. The van der Waals surface area contributed by atoms with E-state index >= 15 is 0 Å². The molecule has 0 radical (unpaired) electrons. The Hall–Kier alpha value is -2.13. The van der Waals surface area contributed by atoms with E-state index in [1.54, 1.807) is 0 Å². The lowest BCUT2D eigenvalue weighted by atomic mass is 10.1. The van der Waals surface area contributed by atoms with Gasteiger partial charge in [0.05, 0.1) is 12.6 Å². The molecule has 0 spiro atoms. The first kappa shape index (κ1) is 15.8. The van der Waals surface area contributed by atoms with Crippen LogP contribution < -0.4 is 5.32 Å². The molecule has 0 amide bonds. The Balaban J connectivity index is 1.74. The number of hydrogen-bond donors (Lipinski definition) is 3. The molecular formula is C14H13F3N4OS.